The van der Waals surface area contributed by atoms with E-state index in [0.717, 1.165) is 0 Å². The minimum Gasteiger partial charge on any atom is -0.420 e. The fourth-order valence-electron chi connectivity index (χ4n) is 3.00. The molecule has 0 aliphatic heterocycles. The van der Waals surface area contributed by atoms with Gasteiger partial charge in [0.15, 0.2) is 16.6 Å². The Hall–Kier alpha value is 1.75. The molecule has 0 rings (SSSR count). The average molecular weight is 447 g/mol. The summed E-state index contributed by atoms with van der Waals surface area (Å²) in [6, 6.07) is 7.65. The lowest BCUT2D eigenvalue weighted by atomic mass is 10.6. The third-order valence-electron chi connectivity index (χ3n) is 5.29. The van der Waals surface area contributed by atoms with Crippen LogP contribution < -0.4 is 0 Å². The highest BCUT2D eigenvalue weighted by atomic mass is 33.7. The second-order valence-electron chi connectivity index (χ2n) is 6.18. The zero-order valence-corrected chi connectivity index (χ0v) is 21.8. The highest BCUT2D eigenvalue weighted by Crippen LogP contribution is 2.44. The van der Waals surface area contributed by atoms with Gasteiger partial charge in [-0.1, -0.05) is 49.3 Å². The summed E-state index contributed by atoms with van der Waals surface area (Å²) in [7, 11) is 9.02. The molecule has 0 heterocycles. The second kappa shape index (κ2) is 15.8. The molecule has 0 saturated heterocycles. The van der Waals surface area contributed by atoms with E-state index in [4.69, 9.17) is 8.85 Å². The highest BCUT2D eigenvalue weighted by molar-refractivity contribution is 9.26. The van der Waals surface area contributed by atoms with Gasteiger partial charge in [-0.3, -0.25) is 0 Å². The van der Waals surface area contributed by atoms with Crippen LogP contribution in [0, 0.1) is 0 Å². The van der Waals surface area contributed by atoms with Gasteiger partial charge >= 0.3 is 0 Å². The molecule has 8 heteroatoms. The molecule has 0 spiro atoms. The quantitative estimate of drug-likeness (QED) is 0.128. The number of rotatable bonds is 17. The van der Waals surface area contributed by atoms with Crippen molar-refractivity contribution in [2.45, 2.75) is 76.8 Å². The van der Waals surface area contributed by atoms with E-state index < -0.39 is 16.6 Å². The van der Waals surface area contributed by atoms with Crippen molar-refractivity contribution in [3.8, 4) is 0 Å². The fraction of sp³-hybridized carbons (Fsp3) is 1.00. The molecule has 0 unspecified atom stereocenters. The summed E-state index contributed by atoms with van der Waals surface area (Å²) in [5.74, 6) is 2.50. The third-order valence-corrected chi connectivity index (χ3v) is 21.3. The van der Waals surface area contributed by atoms with Gasteiger partial charge in [-0.05, 0) is 68.8 Å². The van der Waals surface area contributed by atoms with E-state index in [2.05, 4.69) is 27.7 Å². The Morgan fingerprint density at radius 2 is 0.958 bits per heavy atom. The molecule has 2 nitrogen and oxygen atoms in total. The predicted molar refractivity (Wildman–Crippen MR) is 126 cm³/mol. The Bertz CT molecular complexity index is 247. The molecule has 0 aliphatic carbocycles. The van der Waals surface area contributed by atoms with Gasteiger partial charge < -0.3 is 8.85 Å². The molecule has 0 bridgehead atoms. The Balaban J connectivity index is 3.58. The molecular formula is C16H38O2S4Si2. The van der Waals surface area contributed by atoms with Crippen LogP contribution >= 0.6 is 41.2 Å². The first-order chi connectivity index (χ1) is 11.6. The van der Waals surface area contributed by atoms with E-state index >= 15 is 0 Å². The normalized spacial score (nSPS) is 12.8. The zero-order valence-electron chi connectivity index (χ0n) is 16.5. The van der Waals surface area contributed by atoms with Crippen LogP contribution in [0.2, 0.25) is 36.3 Å². The summed E-state index contributed by atoms with van der Waals surface area (Å²) >= 11 is 0. The van der Waals surface area contributed by atoms with Gasteiger partial charge in [-0.15, -0.1) is 0 Å². The minimum absolute atomic E-state index is 1.25. The van der Waals surface area contributed by atoms with Crippen molar-refractivity contribution in [1.82, 2.24) is 0 Å². The van der Waals surface area contributed by atoms with Gasteiger partial charge in [-0.2, -0.15) is 0 Å². The fourth-order valence-corrected chi connectivity index (χ4v) is 15.3. The predicted octanol–water partition coefficient (Wildman–Crippen LogP) is 7.71. The van der Waals surface area contributed by atoms with Crippen LogP contribution in [0.4, 0.5) is 0 Å². The summed E-state index contributed by atoms with van der Waals surface area (Å²) in [5, 5.41) is 0. The van der Waals surface area contributed by atoms with Gasteiger partial charge in [0, 0.05) is 25.7 Å². The first kappa shape index (κ1) is 25.8. The summed E-state index contributed by atoms with van der Waals surface area (Å²) in [4.78, 5) is 0. The summed E-state index contributed by atoms with van der Waals surface area (Å²) in [5.41, 5.74) is 0. The second-order valence-corrected chi connectivity index (χ2v) is 21.8. The van der Waals surface area contributed by atoms with Gasteiger partial charge in [0.05, 0.1) is 0 Å². The molecule has 0 aromatic heterocycles. The monoisotopic (exact) mass is 446 g/mol. The SMILES string of the molecule is CC[Si](CC)(CCCSSSSCCC[Si](CC)(CC)OC)OC. The van der Waals surface area contributed by atoms with Gasteiger partial charge in [0.2, 0.25) is 0 Å². The van der Waals surface area contributed by atoms with Crippen molar-refractivity contribution in [2.75, 3.05) is 25.7 Å². The maximum Gasteiger partial charge on any atom is 0.191 e. The number of hydrogen-bond donors (Lipinski definition) is 0. The van der Waals surface area contributed by atoms with Crippen molar-refractivity contribution in [3.05, 3.63) is 0 Å². The number of hydrogen-bond acceptors (Lipinski definition) is 6. The van der Waals surface area contributed by atoms with E-state index in [1.165, 1.54) is 60.6 Å². The van der Waals surface area contributed by atoms with E-state index in [1.807, 2.05) is 55.5 Å². The van der Waals surface area contributed by atoms with Crippen LogP contribution in [-0.2, 0) is 8.85 Å². The summed E-state index contributed by atoms with van der Waals surface area (Å²) < 4.78 is 11.7. The Kier molecular flexibility index (Phi) is 16.9. The molecule has 0 aromatic carbocycles. The van der Waals surface area contributed by atoms with E-state index in [0.29, 0.717) is 0 Å². The van der Waals surface area contributed by atoms with Gasteiger partial charge in [0.1, 0.15) is 0 Å². The minimum atomic E-state index is -1.38. The molecule has 0 N–H and O–H groups in total. The topological polar surface area (TPSA) is 18.5 Å². The Morgan fingerprint density at radius 3 is 1.21 bits per heavy atom. The van der Waals surface area contributed by atoms with Crippen LogP contribution in [0.25, 0.3) is 0 Å². The van der Waals surface area contributed by atoms with E-state index in [1.54, 1.807) is 0 Å². The lowest BCUT2D eigenvalue weighted by Gasteiger charge is -2.27. The average Bonchev–Trinajstić information content (AvgIpc) is 2.64. The molecule has 0 aromatic rings. The highest BCUT2D eigenvalue weighted by Gasteiger charge is 2.29. The first-order valence-electron chi connectivity index (χ1n) is 9.25. The molecule has 146 valence electrons. The molecular weight excluding hydrogens is 409 g/mol. The first-order valence-corrected chi connectivity index (χ1v) is 19.5. The summed E-state index contributed by atoms with van der Waals surface area (Å²) in [6.45, 7) is 9.19. The van der Waals surface area contributed by atoms with E-state index in [9.17, 15) is 0 Å². The molecule has 0 amide bonds. The van der Waals surface area contributed by atoms with Crippen molar-refractivity contribution < 1.29 is 8.85 Å². The van der Waals surface area contributed by atoms with Gasteiger partial charge in [0.25, 0.3) is 0 Å². The molecule has 24 heavy (non-hydrogen) atoms. The molecule has 0 saturated carbocycles. The van der Waals surface area contributed by atoms with Crippen molar-refractivity contribution in [2.24, 2.45) is 0 Å². The maximum atomic E-state index is 5.87. The van der Waals surface area contributed by atoms with Crippen LogP contribution in [0.1, 0.15) is 40.5 Å². The molecule has 0 atom stereocenters. The van der Waals surface area contributed by atoms with E-state index in [-0.39, 0.29) is 0 Å². The summed E-state index contributed by atoms with van der Waals surface area (Å²) in [6.07, 6.45) is 2.61. The molecule has 0 aliphatic rings. The van der Waals surface area contributed by atoms with Crippen LogP contribution in [-0.4, -0.2) is 42.4 Å². The largest absolute Gasteiger partial charge is 0.420 e. The Morgan fingerprint density at radius 1 is 0.625 bits per heavy atom. The van der Waals surface area contributed by atoms with Crippen molar-refractivity contribution in [1.29, 1.82) is 0 Å². The zero-order chi connectivity index (χ0) is 18.3. The Labute approximate surface area is 168 Å². The van der Waals surface area contributed by atoms with Gasteiger partial charge in [-0.25, -0.2) is 0 Å². The molecule has 0 fully saturated rings. The smallest absolute Gasteiger partial charge is 0.191 e. The lowest BCUT2D eigenvalue weighted by molar-refractivity contribution is 0.391. The standard InChI is InChI=1S/C16H38O2S4Si2/c1-7-23(8-2,17-5)15-11-13-19-21-22-20-14-12-16-24(9-3,10-4)18-6/h7-16H2,1-6H3. The maximum absolute atomic E-state index is 5.87. The third kappa shape index (κ3) is 10.2. The molecule has 0 radical (unpaired) electrons. The van der Waals surface area contributed by atoms with Crippen LogP contribution in [0.15, 0.2) is 0 Å². The lowest BCUT2D eigenvalue weighted by Crippen LogP contribution is -2.35. The van der Waals surface area contributed by atoms with Crippen molar-refractivity contribution >= 4 is 57.9 Å². The van der Waals surface area contributed by atoms with Crippen LogP contribution in [0.5, 0.6) is 0 Å². The van der Waals surface area contributed by atoms with Crippen LogP contribution in [0.3, 0.4) is 0 Å². The van der Waals surface area contributed by atoms with Crippen molar-refractivity contribution in [3.63, 3.8) is 0 Å².